The van der Waals surface area contributed by atoms with Crippen molar-refractivity contribution in [1.82, 2.24) is 15.1 Å². The van der Waals surface area contributed by atoms with Gasteiger partial charge in [0.1, 0.15) is 0 Å². The molecule has 134 valence electrons. The van der Waals surface area contributed by atoms with Crippen LogP contribution in [0.1, 0.15) is 36.0 Å². The number of carbonyl (C=O) groups is 1. The minimum absolute atomic E-state index is 0.0262. The number of aryl methyl sites for hydroxylation is 3. The lowest BCUT2D eigenvalue weighted by Gasteiger charge is -2.39. The maximum absolute atomic E-state index is 12.3. The number of hydrogen-bond donors (Lipinski definition) is 1. The number of nitrogens with one attached hydrogen (secondary N) is 1. The van der Waals surface area contributed by atoms with E-state index in [0.717, 1.165) is 31.6 Å². The molecule has 0 atom stereocenters. The van der Waals surface area contributed by atoms with Crippen LogP contribution in [0, 0.1) is 13.8 Å². The Morgan fingerprint density at radius 2 is 2.04 bits per heavy atom. The van der Waals surface area contributed by atoms with Gasteiger partial charge >= 0.3 is 0 Å². The van der Waals surface area contributed by atoms with Crippen molar-refractivity contribution in [1.29, 1.82) is 0 Å². The normalized spacial score (nSPS) is 16.6. The Balaban J connectivity index is 1.63. The fourth-order valence-electron chi connectivity index (χ4n) is 3.63. The SMILES string of the molecule is Cc1cnn(CCC(=O)NCC2(c3ccccc3C)CCOCC2)c1. The van der Waals surface area contributed by atoms with E-state index in [2.05, 4.69) is 41.6 Å². The lowest BCUT2D eigenvalue weighted by atomic mass is 9.72. The summed E-state index contributed by atoms with van der Waals surface area (Å²) < 4.78 is 7.40. The Kier molecular flexibility index (Phi) is 5.53. The fourth-order valence-corrected chi connectivity index (χ4v) is 3.63. The van der Waals surface area contributed by atoms with Gasteiger partial charge in [-0.15, -0.1) is 0 Å². The van der Waals surface area contributed by atoms with Crippen LogP contribution in [0.25, 0.3) is 0 Å². The number of nitrogens with zero attached hydrogens (tertiary/aromatic N) is 2. The molecule has 1 N–H and O–H groups in total. The Labute approximate surface area is 149 Å². The van der Waals surface area contributed by atoms with E-state index < -0.39 is 0 Å². The highest BCUT2D eigenvalue weighted by molar-refractivity contribution is 5.76. The van der Waals surface area contributed by atoms with Crippen molar-refractivity contribution in [3.63, 3.8) is 0 Å². The van der Waals surface area contributed by atoms with Gasteiger partial charge in [0.05, 0.1) is 6.20 Å². The van der Waals surface area contributed by atoms with Gasteiger partial charge in [0.25, 0.3) is 0 Å². The summed E-state index contributed by atoms with van der Waals surface area (Å²) >= 11 is 0. The molecule has 5 nitrogen and oxygen atoms in total. The molecule has 1 saturated heterocycles. The van der Waals surface area contributed by atoms with E-state index in [9.17, 15) is 4.79 Å². The van der Waals surface area contributed by atoms with Crippen LogP contribution in [-0.4, -0.2) is 35.4 Å². The molecule has 0 aliphatic carbocycles. The van der Waals surface area contributed by atoms with Crippen molar-refractivity contribution in [2.75, 3.05) is 19.8 Å². The van der Waals surface area contributed by atoms with Crippen molar-refractivity contribution in [2.45, 2.75) is 45.1 Å². The minimum atomic E-state index is -0.0262. The van der Waals surface area contributed by atoms with Gasteiger partial charge in [0.2, 0.25) is 5.91 Å². The molecular weight excluding hydrogens is 314 g/mol. The second-order valence-corrected chi connectivity index (χ2v) is 7.02. The van der Waals surface area contributed by atoms with E-state index >= 15 is 0 Å². The first kappa shape index (κ1) is 17.7. The Morgan fingerprint density at radius 1 is 1.28 bits per heavy atom. The summed E-state index contributed by atoms with van der Waals surface area (Å²) in [4.78, 5) is 12.3. The zero-order chi connectivity index (χ0) is 17.7. The Bertz CT molecular complexity index is 717. The second kappa shape index (κ2) is 7.83. The summed E-state index contributed by atoms with van der Waals surface area (Å²) in [6.07, 6.45) is 6.10. The average molecular weight is 341 g/mol. The number of benzene rings is 1. The Morgan fingerprint density at radius 3 is 2.72 bits per heavy atom. The number of rotatable bonds is 6. The first-order valence-electron chi connectivity index (χ1n) is 8.99. The van der Waals surface area contributed by atoms with Gasteiger partial charge in [0.15, 0.2) is 0 Å². The van der Waals surface area contributed by atoms with E-state index in [-0.39, 0.29) is 11.3 Å². The molecule has 0 bridgehead atoms. The van der Waals surface area contributed by atoms with E-state index in [4.69, 9.17) is 4.74 Å². The smallest absolute Gasteiger partial charge is 0.221 e. The summed E-state index contributed by atoms with van der Waals surface area (Å²) in [5.41, 5.74) is 3.70. The van der Waals surface area contributed by atoms with Crippen LogP contribution in [0.4, 0.5) is 0 Å². The van der Waals surface area contributed by atoms with Crippen molar-refractivity contribution < 1.29 is 9.53 Å². The summed E-state index contributed by atoms with van der Waals surface area (Å²) in [5, 5.41) is 7.39. The zero-order valence-electron chi connectivity index (χ0n) is 15.1. The third-order valence-electron chi connectivity index (χ3n) is 5.12. The van der Waals surface area contributed by atoms with Crippen LogP contribution < -0.4 is 5.32 Å². The number of aromatic nitrogens is 2. The summed E-state index contributed by atoms with van der Waals surface area (Å²) in [5.74, 6) is 0.0765. The quantitative estimate of drug-likeness (QED) is 0.879. The topological polar surface area (TPSA) is 56.2 Å². The fraction of sp³-hybridized carbons (Fsp3) is 0.500. The van der Waals surface area contributed by atoms with Crippen LogP contribution >= 0.6 is 0 Å². The standard InChI is InChI=1S/C20H27N3O2/c1-16-13-22-23(14-16)10-7-19(24)21-15-20(8-11-25-12-9-20)18-6-4-3-5-17(18)2/h3-6,13-14H,7-12,15H2,1-2H3,(H,21,24). The highest BCUT2D eigenvalue weighted by atomic mass is 16.5. The first-order valence-corrected chi connectivity index (χ1v) is 8.99. The molecule has 1 aromatic carbocycles. The molecule has 5 heteroatoms. The second-order valence-electron chi connectivity index (χ2n) is 7.02. The van der Waals surface area contributed by atoms with Crippen LogP contribution in [0.3, 0.4) is 0 Å². The summed E-state index contributed by atoms with van der Waals surface area (Å²) in [6.45, 7) is 6.92. The largest absolute Gasteiger partial charge is 0.381 e. The molecule has 1 fully saturated rings. The third-order valence-corrected chi connectivity index (χ3v) is 5.12. The lowest BCUT2D eigenvalue weighted by Crippen LogP contribution is -2.45. The molecule has 1 aliphatic rings. The highest BCUT2D eigenvalue weighted by Gasteiger charge is 2.35. The predicted octanol–water partition coefficient (Wildman–Crippen LogP) is 2.75. The molecular formula is C20H27N3O2. The number of ether oxygens (including phenoxy) is 1. The van der Waals surface area contributed by atoms with E-state index in [1.807, 2.05) is 24.0 Å². The molecule has 0 spiro atoms. The van der Waals surface area contributed by atoms with E-state index in [1.54, 1.807) is 0 Å². The maximum Gasteiger partial charge on any atom is 0.221 e. The first-order chi connectivity index (χ1) is 12.1. The average Bonchev–Trinajstić information content (AvgIpc) is 3.05. The summed E-state index contributed by atoms with van der Waals surface area (Å²) in [7, 11) is 0. The van der Waals surface area contributed by atoms with Gasteiger partial charge in [-0.25, -0.2) is 0 Å². The lowest BCUT2D eigenvalue weighted by molar-refractivity contribution is -0.121. The van der Waals surface area contributed by atoms with Crippen molar-refractivity contribution >= 4 is 5.91 Å². The number of hydrogen-bond acceptors (Lipinski definition) is 3. The molecule has 0 unspecified atom stereocenters. The molecule has 25 heavy (non-hydrogen) atoms. The minimum Gasteiger partial charge on any atom is -0.381 e. The van der Waals surface area contributed by atoms with Crippen LogP contribution in [0.2, 0.25) is 0 Å². The number of carbonyl (C=O) groups excluding carboxylic acids is 1. The highest BCUT2D eigenvalue weighted by Crippen LogP contribution is 2.36. The molecule has 1 aliphatic heterocycles. The van der Waals surface area contributed by atoms with Gasteiger partial charge in [-0.2, -0.15) is 5.10 Å². The molecule has 3 rings (SSSR count). The molecule has 0 saturated carbocycles. The predicted molar refractivity (Wildman–Crippen MR) is 97.5 cm³/mol. The van der Waals surface area contributed by atoms with Gasteiger partial charge in [-0.3, -0.25) is 9.48 Å². The maximum atomic E-state index is 12.3. The van der Waals surface area contributed by atoms with Gasteiger partial charge in [0, 0.05) is 44.3 Å². The monoisotopic (exact) mass is 341 g/mol. The Hall–Kier alpha value is -2.14. The third kappa shape index (κ3) is 4.28. The van der Waals surface area contributed by atoms with Crippen molar-refractivity contribution in [3.05, 3.63) is 53.3 Å². The van der Waals surface area contributed by atoms with Gasteiger partial charge in [-0.1, -0.05) is 24.3 Å². The van der Waals surface area contributed by atoms with Gasteiger partial charge < -0.3 is 10.1 Å². The number of amides is 1. The molecule has 2 heterocycles. The molecule has 0 radical (unpaired) electrons. The van der Waals surface area contributed by atoms with Crippen molar-refractivity contribution in [2.24, 2.45) is 0 Å². The van der Waals surface area contributed by atoms with E-state index in [1.165, 1.54) is 11.1 Å². The molecule has 1 amide bonds. The molecule has 1 aromatic heterocycles. The van der Waals surface area contributed by atoms with E-state index in [0.29, 0.717) is 19.5 Å². The molecule has 2 aromatic rings. The zero-order valence-corrected chi connectivity index (χ0v) is 15.1. The van der Waals surface area contributed by atoms with Gasteiger partial charge in [-0.05, 0) is 43.4 Å². The van der Waals surface area contributed by atoms with Crippen LogP contribution in [0.15, 0.2) is 36.7 Å². The van der Waals surface area contributed by atoms with Crippen LogP contribution in [-0.2, 0) is 21.5 Å². The van der Waals surface area contributed by atoms with Crippen molar-refractivity contribution in [3.8, 4) is 0 Å². The summed E-state index contributed by atoms with van der Waals surface area (Å²) in [6, 6.07) is 8.49. The van der Waals surface area contributed by atoms with Crippen LogP contribution in [0.5, 0.6) is 0 Å².